The SMILES string of the molecule is COC(=O)N=C(NC(=O)OC)Nc1ccc(S(=O)(=O)c2ccccc2)cc1N(C(N)=O)c1ccccc1. The lowest BCUT2D eigenvalue weighted by atomic mass is 10.2. The number of urea groups is 1. The number of rotatable bonds is 5. The van der Waals surface area contributed by atoms with E-state index in [9.17, 15) is 22.8 Å². The number of carbonyl (C=O) groups is 3. The molecule has 0 aromatic heterocycles. The van der Waals surface area contributed by atoms with Gasteiger partial charge in [0.05, 0.1) is 41.1 Å². The van der Waals surface area contributed by atoms with E-state index >= 15 is 0 Å². The van der Waals surface area contributed by atoms with Crippen LogP contribution in [0, 0.1) is 0 Å². The molecule has 12 nitrogen and oxygen atoms in total. The van der Waals surface area contributed by atoms with Crippen LogP contribution < -0.4 is 21.3 Å². The van der Waals surface area contributed by atoms with Gasteiger partial charge in [0, 0.05) is 0 Å². The minimum absolute atomic E-state index is 0.0139. The second kappa shape index (κ2) is 11.7. The summed E-state index contributed by atoms with van der Waals surface area (Å²) in [4.78, 5) is 40.7. The molecule has 0 saturated heterocycles. The number of ether oxygens (including phenoxy) is 2. The zero-order chi connectivity index (χ0) is 27.0. The fourth-order valence-corrected chi connectivity index (χ4v) is 4.47. The number of amides is 4. The largest absolute Gasteiger partial charge is 0.453 e. The highest BCUT2D eigenvalue weighted by molar-refractivity contribution is 7.91. The monoisotopic (exact) mass is 525 g/mol. The first kappa shape index (κ1) is 26.7. The summed E-state index contributed by atoms with van der Waals surface area (Å²) < 4.78 is 35.7. The van der Waals surface area contributed by atoms with Gasteiger partial charge in [0.15, 0.2) is 0 Å². The fraction of sp³-hybridized carbons (Fsp3) is 0.0833. The standard InChI is InChI=1S/C24H23N5O7S/c1-35-23(31)27-22(28-24(32)36-2)26-19-14-13-18(37(33,34)17-11-7-4-8-12-17)15-20(19)29(21(25)30)16-9-5-3-6-10-16/h3-15H,1-2H3,(H2,25,30)(H2,26,27,28,31,32). The molecule has 0 bridgehead atoms. The fourth-order valence-electron chi connectivity index (χ4n) is 3.17. The van der Waals surface area contributed by atoms with Crippen LogP contribution in [0.5, 0.6) is 0 Å². The third-order valence-electron chi connectivity index (χ3n) is 4.85. The van der Waals surface area contributed by atoms with Gasteiger partial charge in [-0.15, -0.1) is 4.99 Å². The van der Waals surface area contributed by atoms with Gasteiger partial charge in [-0.1, -0.05) is 36.4 Å². The molecule has 0 heterocycles. The highest BCUT2D eigenvalue weighted by Crippen LogP contribution is 2.35. The third kappa shape index (κ3) is 6.41. The van der Waals surface area contributed by atoms with Crippen LogP contribution in [-0.2, 0) is 19.3 Å². The normalized spacial score (nSPS) is 11.2. The van der Waals surface area contributed by atoms with E-state index in [2.05, 4.69) is 25.1 Å². The second-order valence-electron chi connectivity index (χ2n) is 7.18. The zero-order valence-corrected chi connectivity index (χ0v) is 20.6. The van der Waals surface area contributed by atoms with Crippen molar-refractivity contribution < 1.29 is 32.3 Å². The molecule has 0 spiro atoms. The van der Waals surface area contributed by atoms with Gasteiger partial charge in [0.1, 0.15) is 0 Å². The molecular formula is C24H23N5O7S. The van der Waals surface area contributed by atoms with Gasteiger partial charge in [-0.2, -0.15) is 0 Å². The van der Waals surface area contributed by atoms with Crippen LogP contribution in [0.2, 0.25) is 0 Å². The molecule has 4 N–H and O–H groups in total. The summed E-state index contributed by atoms with van der Waals surface area (Å²) in [5.74, 6) is -0.420. The number of carbonyl (C=O) groups excluding carboxylic acids is 3. The maximum atomic E-state index is 13.3. The van der Waals surface area contributed by atoms with Crippen molar-refractivity contribution in [2.75, 3.05) is 24.4 Å². The molecule has 0 unspecified atom stereocenters. The molecule has 4 amide bonds. The molecule has 0 radical (unpaired) electrons. The summed E-state index contributed by atoms with van der Waals surface area (Å²) in [7, 11) is -1.81. The minimum atomic E-state index is -3.99. The second-order valence-corrected chi connectivity index (χ2v) is 9.13. The number of benzene rings is 3. The van der Waals surface area contributed by atoms with Crippen LogP contribution >= 0.6 is 0 Å². The predicted molar refractivity (Wildman–Crippen MR) is 136 cm³/mol. The Morgan fingerprint density at radius 2 is 1.49 bits per heavy atom. The summed E-state index contributed by atoms with van der Waals surface area (Å²) in [6.07, 6.45) is -2.02. The first-order chi connectivity index (χ1) is 17.7. The Labute approximate surface area is 212 Å². The highest BCUT2D eigenvalue weighted by atomic mass is 32.2. The van der Waals surface area contributed by atoms with E-state index in [1.165, 1.54) is 30.3 Å². The number of nitrogens with one attached hydrogen (secondary N) is 2. The molecule has 3 aromatic carbocycles. The van der Waals surface area contributed by atoms with Crippen LogP contribution in [0.15, 0.2) is 93.6 Å². The number of para-hydroxylation sites is 1. The maximum absolute atomic E-state index is 13.3. The molecule has 0 aliphatic heterocycles. The van der Waals surface area contributed by atoms with Crippen LogP contribution in [0.3, 0.4) is 0 Å². The van der Waals surface area contributed by atoms with Gasteiger partial charge in [-0.3, -0.25) is 10.2 Å². The van der Waals surface area contributed by atoms with Crippen LogP contribution in [-0.4, -0.2) is 46.8 Å². The number of hydrogen-bond donors (Lipinski definition) is 3. The molecule has 0 fully saturated rings. The average molecular weight is 526 g/mol. The molecule has 3 rings (SSSR count). The van der Waals surface area contributed by atoms with E-state index in [1.807, 2.05) is 0 Å². The van der Waals surface area contributed by atoms with Crippen LogP contribution in [0.1, 0.15) is 0 Å². The maximum Gasteiger partial charge on any atom is 0.436 e. The smallest absolute Gasteiger partial charge is 0.436 e. The Bertz CT molecular complexity index is 1430. The van der Waals surface area contributed by atoms with E-state index in [1.54, 1.807) is 48.5 Å². The molecule has 0 saturated carbocycles. The Morgan fingerprint density at radius 3 is 2.05 bits per heavy atom. The summed E-state index contributed by atoms with van der Waals surface area (Å²) in [5.41, 5.74) is 6.06. The zero-order valence-electron chi connectivity index (χ0n) is 19.7. The van der Waals surface area contributed by atoms with Gasteiger partial charge in [-0.25, -0.2) is 22.8 Å². The van der Waals surface area contributed by atoms with Gasteiger partial charge >= 0.3 is 18.2 Å². The van der Waals surface area contributed by atoms with Crippen molar-refractivity contribution in [3.8, 4) is 0 Å². The highest BCUT2D eigenvalue weighted by Gasteiger charge is 2.25. The average Bonchev–Trinajstić information content (AvgIpc) is 2.90. The number of nitrogens with zero attached hydrogens (tertiary/aromatic N) is 2. The van der Waals surface area contributed by atoms with Crippen molar-refractivity contribution in [2.45, 2.75) is 9.79 Å². The van der Waals surface area contributed by atoms with Gasteiger partial charge < -0.3 is 20.5 Å². The van der Waals surface area contributed by atoms with Crippen molar-refractivity contribution in [3.63, 3.8) is 0 Å². The van der Waals surface area contributed by atoms with Crippen molar-refractivity contribution in [1.82, 2.24) is 5.32 Å². The predicted octanol–water partition coefficient (Wildman–Crippen LogP) is 3.63. The Balaban J connectivity index is 2.21. The van der Waals surface area contributed by atoms with E-state index in [-0.39, 0.29) is 21.2 Å². The number of aliphatic imine (C=N–C) groups is 1. The Kier molecular flexibility index (Phi) is 8.43. The number of methoxy groups -OCH3 is 2. The van der Waals surface area contributed by atoms with E-state index in [4.69, 9.17) is 5.73 Å². The molecule has 3 aromatic rings. The van der Waals surface area contributed by atoms with Gasteiger partial charge in [0.25, 0.3) is 0 Å². The number of hydrogen-bond acceptors (Lipinski definition) is 7. The van der Waals surface area contributed by atoms with Crippen LogP contribution in [0.4, 0.5) is 31.4 Å². The molecule has 0 aliphatic carbocycles. The molecular weight excluding hydrogens is 502 g/mol. The van der Waals surface area contributed by atoms with Crippen molar-refractivity contribution in [3.05, 3.63) is 78.9 Å². The number of primary amides is 1. The van der Waals surface area contributed by atoms with Gasteiger partial charge in [-0.05, 0) is 42.5 Å². The van der Waals surface area contributed by atoms with E-state index in [0.29, 0.717) is 5.69 Å². The number of alkyl carbamates (subject to hydrolysis) is 1. The molecule has 0 aliphatic rings. The number of sulfone groups is 1. The van der Waals surface area contributed by atoms with E-state index < -0.39 is 34.0 Å². The first-order valence-electron chi connectivity index (χ1n) is 10.5. The van der Waals surface area contributed by atoms with Crippen molar-refractivity contribution in [2.24, 2.45) is 10.7 Å². The molecule has 192 valence electrons. The number of guanidine groups is 1. The number of anilines is 3. The lowest BCUT2D eigenvalue weighted by Crippen LogP contribution is -2.38. The summed E-state index contributed by atoms with van der Waals surface area (Å²) in [5, 5.41) is 4.90. The lowest BCUT2D eigenvalue weighted by Gasteiger charge is -2.25. The minimum Gasteiger partial charge on any atom is -0.453 e. The number of nitrogens with two attached hydrogens (primary N) is 1. The molecule has 13 heteroatoms. The summed E-state index contributed by atoms with van der Waals surface area (Å²) >= 11 is 0. The molecule has 0 atom stereocenters. The first-order valence-corrected chi connectivity index (χ1v) is 12.0. The summed E-state index contributed by atoms with van der Waals surface area (Å²) in [6, 6.07) is 18.8. The van der Waals surface area contributed by atoms with Crippen LogP contribution in [0.25, 0.3) is 0 Å². The third-order valence-corrected chi connectivity index (χ3v) is 6.61. The quantitative estimate of drug-likeness (QED) is 0.335. The van der Waals surface area contributed by atoms with Gasteiger partial charge in [0.2, 0.25) is 15.8 Å². The lowest BCUT2D eigenvalue weighted by molar-refractivity contribution is 0.176. The Morgan fingerprint density at radius 1 is 0.865 bits per heavy atom. The Hall–Kier alpha value is -4.91. The summed E-state index contributed by atoms with van der Waals surface area (Å²) in [6.45, 7) is 0. The van der Waals surface area contributed by atoms with Crippen molar-refractivity contribution in [1.29, 1.82) is 0 Å². The topological polar surface area (TPSA) is 169 Å². The van der Waals surface area contributed by atoms with E-state index in [0.717, 1.165) is 19.1 Å². The van der Waals surface area contributed by atoms with Crippen molar-refractivity contribution >= 4 is 51.1 Å². The molecule has 37 heavy (non-hydrogen) atoms.